The number of benzene rings is 2. The maximum Gasteiger partial charge on any atom is 0.326 e. The van der Waals surface area contributed by atoms with E-state index in [9.17, 15) is 18.0 Å². The van der Waals surface area contributed by atoms with Crippen LogP contribution in [-0.4, -0.2) is 45.5 Å². The Morgan fingerprint density at radius 2 is 1.81 bits per heavy atom. The van der Waals surface area contributed by atoms with Crippen molar-refractivity contribution in [1.82, 2.24) is 10.0 Å². The molecule has 0 saturated carbocycles. The van der Waals surface area contributed by atoms with Crippen molar-refractivity contribution in [2.24, 2.45) is 5.73 Å². The molecule has 0 spiro atoms. The fourth-order valence-electron chi connectivity index (χ4n) is 2.37. The Balaban J connectivity index is 2.24. The summed E-state index contributed by atoms with van der Waals surface area (Å²) in [7, 11) is -4.02. The van der Waals surface area contributed by atoms with Crippen molar-refractivity contribution in [3.63, 3.8) is 0 Å². The van der Waals surface area contributed by atoms with Crippen LogP contribution in [-0.2, 0) is 24.3 Å². The van der Waals surface area contributed by atoms with Gasteiger partial charge in [-0.05, 0) is 36.8 Å². The summed E-state index contributed by atoms with van der Waals surface area (Å²) in [5.74, 6) is -1.29. The average molecular weight is 393 g/mol. The molecule has 0 aliphatic carbocycles. The predicted molar refractivity (Wildman–Crippen MR) is 101 cm³/mol. The summed E-state index contributed by atoms with van der Waals surface area (Å²) >= 11 is 0. The summed E-state index contributed by atoms with van der Waals surface area (Å²) < 4.78 is 32.6. The highest BCUT2D eigenvalue weighted by Crippen LogP contribution is 2.19. The minimum atomic E-state index is -4.02. The molecule has 0 aromatic heterocycles. The molecule has 0 aliphatic heterocycles. The maximum atomic E-state index is 12.7. The molecular weight excluding hydrogens is 370 g/mol. The fraction of sp³-hybridized carbons (Fsp3) is 0.333. The summed E-state index contributed by atoms with van der Waals surface area (Å²) in [6.45, 7) is 2.89. The van der Waals surface area contributed by atoms with Gasteiger partial charge in [-0.15, -0.1) is 0 Å². The number of carbonyl (C=O) groups is 2. The predicted octanol–water partition coefficient (Wildman–Crippen LogP) is 0.513. The molecule has 146 valence electrons. The molecule has 2 aromatic rings. The van der Waals surface area contributed by atoms with Gasteiger partial charge in [0.2, 0.25) is 15.9 Å². The monoisotopic (exact) mass is 393 g/mol. The topological polar surface area (TPSA) is 128 Å². The lowest BCUT2D eigenvalue weighted by Gasteiger charge is -2.19. The zero-order valence-electron chi connectivity index (χ0n) is 15.1. The largest absolute Gasteiger partial charge is 0.465 e. The minimum absolute atomic E-state index is 0.00835. The highest BCUT2D eigenvalue weighted by atomic mass is 32.2. The molecule has 2 aromatic carbocycles. The van der Waals surface area contributed by atoms with Crippen molar-refractivity contribution in [1.29, 1.82) is 0 Å². The molecule has 0 bridgehead atoms. The summed E-state index contributed by atoms with van der Waals surface area (Å²) in [6, 6.07) is 9.90. The second-order valence-electron chi connectivity index (χ2n) is 5.97. The van der Waals surface area contributed by atoms with Crippen LogP contribution in [0.1, 0.15) is 13.8 Å². The minimum Gasteiger partial charge on any atom is -0.465 e. The Hall–Kier alpha value is -2.49. The van der Waals surface area contributed by atoms with Crippen molar-refractivity contribution in [2.45, 2.75) is 30.8 Å². The highest BCUT2D eigenvalue weighted by Gasteiger charge is 2.27. The SMILES string of the molecule is CCOC(=O)C(CNC(=O)C(C)N)NS(=O)(=O)c1ccc2ccccc2c1. The standard InChI is InChI=1S/C18H23N3O5S/c1-3-26-18(23)16(11-20-17(22)12(2)19)21-27(24,25)15-9-8-13-6-4-5-7-14(13)10-15/h4-10,12,16,21H,3,11,19H2,1-2H3,(H,20,22). The average Bonchev–Trinajstić information content (AvgIpc) is 2.64. The molecule has 9 heteroatoms. The van der Waals surface area contributed by atoms with Gasteiger partial charge in [-0.3, -0.25) is 9.59 Å². The van der Waals surface area contributed by atoms with Crippen molar-refractivity contribution in [3.8, 4) is 0 Å². The maximum absolute atomic E-state index is 12.7. The third-order valence-corrected chi connectivity index (χ3v) is 5.26. The van der Waals surface area contributed by atoms with Crippen LogP contribution in [0.15, 0.2) is 47.4 Å². The molecule has 2 atom stereocenters. The van der Waals surface area contributed by atoms with E-state index in [1.54, 1.807) is 25.1 Å². The van der Waals surface area contributed by atoms with Crippen LogP contribution in [0, 0.1) is 0 Å². The molecule has 2 unspecified atom stereocenters. The molecule has 2 rings (SSSR count). The van der Waals surface area contributed by atoms with Crippen LogP contribution in [0.25, 0.3) is 10.8 Å². The number of fused-ring (bicyclic) bond motifs is 1. The number of sulfonamides is 1. The Bertz CT molecular complexity index is 927. The number of amides is 1. The van der Waals surface area contributed by atoms with Gasteiger partial charge in [0, 0.05) is 6.54 Å². The quantitative estimate of drug-likeness (QED) is 0.561. The molecule has 27 heavy (non-hydrogen) atoms. The Morgan fingerprint density at radius 1 is 1.15 bits per heavy atom. The van der Waals surface area contributed by atoms with Gasteiger partial charge < -0.3 is 15.8 Å². The van der Waals surface area contributed by atoms with Gasteiger partial charge >= 0.3 is 5.97 Å². The molecule has 0 saturated heterocycles. The number of nitrogens with one attached hydrogen (secondary N) is 2. The number of carbonyl (C=O) groups excluding carboxylic acids is 2. The van der Waals surface area contributed by atoms with E-state index < -0.39 is 34.0 Å². The van der Waals surface area contributed by atoms with Crippen molar-refractivity contribution in [2.75, 3.05) is 13.2 Å². The van der Waals surface area contributed by atoms with Crippen LogP contribution >= 0.6 is 0 Å². The van der Waals surface area contributed by atoms with Gasteiger partial charge in [0.15, 0.2) is 0 Å². The van der Waals surface area contributed by atoms with Crippen LogP contribution in [0.2, 0.25) is 0 Å². The smallest absolute Gasteiger partial charge is 0.326 e. The lowest BCUT2D eigenvalue weighted by Crippen LogP contribution is -2.51. The lowest BCUT2D eigenvalue weighted by molar-refractivity contribution is -0.145. The van der Waals surface area contributed by atoms with Crippen LogP contribution in [0.5, 0.6) is 0 Å². The zero-order valence-corrected chi connectivity index (χ0v) is 16.0. The van der Waals surface area contributed by atoms with Crippen LogP contribution in [0.4, 0.5) is 0 Å². The highest BCUT2D eigenvalue weighted by molar-refractivity contribution is 7.89. The van der Waals surface area contributed by atoms with Crippen LogP contribution < -0.4 is 15.8 Å². The number of ether oxygens (including phenoxy) is 1. The third kappa shape index (κ3) is 5.49. The second-order valence-corrected chi connectivity index (χ2v) is 7.68. The van der Waals surface area contributed by atoms with E-state index in [1.807, 2.05) is 12.1 Å². The number of hydrogen-bond donors (Lipinski definition) is 3. The molecule has 0 aliphatic rings. The van der Waals surface area contributed by atoms with Crippen molar-refractivity contribution < 1.29 is 22.7 Å². The second kappa shape index (κ2) is 8.94. The van der Waals surface area contributed by atoms with Gasteiger partial charge in [0.05, 0.1) is 17.5 Å². The summed E-state index contributed by atoms with van der Waals surface area (Å²) in [5, 5.41) is 4.07. The first-order valence-corrected chi connectivity index (χ1v) is 9.94. The Kier molecular flexibility index (Phi) is 6.89. The number of hydrogen-bond acceptors (Lipinski definition) is 6. The Labute approximate surface area is 158 Å². The summed E-state index contributed by atoms with van der Waals surface area (Å²) in [6.07, 6.45) is 0. The number of rotatable bonds is 8. The summed E-state index contributed by atoms with van der Waals surface area (Å²) in [4.78, 5) is 23.8. The van der Waals surface area contributed by atoms with E-state index in [4.69, 9.17) is 10.5 Å². The first-order chi connectivity index (χ1) is 12.7. The van der Waals surface area contributed by atoms with Gasteiger partial charge in [0.1, 0.15) is 6.04 Å². The van der Waals surface area contributed by atoms with Crippen molar-refractivity contribution in [3.05, 3.63) is 42.5 Å². The van der Waals surface area contributed by atoms with E-state index >= 15 is 0 Å². The summed E-state index contributed by atoms with van der Waals surface area (Å²) in [5.41, 5.74) is 5.46. The Morgan fingerprint density at radius 3 is 2.44 bits per heavy atom. The number of esters is 1. The molecule has 0 radical (unpaired) electrons. The molecule has 8 nitrogen and oxygen atoms in total. The van der Waals surface area contributed by atoms with Gasteiger partial charge in [-0.1, -0.05) is 30.3 Å². The van der Waals surface area contributed by atoms with E-state index in [1.165, 1.54) is 19.1 Å². The van der Waals surface area contributed by atoms with Gasteiger partial charge in [0.25, 0.3) is 0 Å². The van der Waals surface area contributed by atoms with E-state index in [2.05, 4.69) is 10.0 Å². The normalized spacial score (nSPS) is 13.7. The molecule has 1 amide bonds. The molecule has 0 heterocycles. The zero-order chi connectivity index (χ0) is 20.0. The van der Waals surface area contributed by atoms with E-state index in [-0.39, 0.29) is 18.0 Å². The van der Waals surface area contributed by atoms with Crippen LogP contribution in [0.3, 0.4) is 0 Å². The first kappa shape index (κ1) is 20.8. The number of nitrogens with two attached hydrogens (primary N) is 1. The van der Waals surface area contributed by atoms with Gasteiger partial charge in [-0.2, -0.15) is 4.72 Å². The molecule has 4 N–H and O–H groups in total. The van der Waals surface area contributed by atoms with E-state index in [0.29, 0.717) is 0 Å². The van der Waals surface area contributed by atoms with E-state index in [0.717, 1.165) is 10.8 Å². The third-order valence-electron chi connectivity index (χ3n) is 3.79. The fourth-order valence-corrected chi connectivity index (χ4v) is 3.59. The van der Waals surface area contributed by atoms with Crippen molar-refractivity contribution >= 4 is 32.7 Å². The van der Waals surface area contributed by atoms with Gasteiger partial charge in [-0.25, -0.2) is 8.42 Å². The molecule has 0 fully saturated rings. The first-order valence-electron chi connectivity index (χ1n) is 8.45. The molecular formula is C18H23N3O5S. The lowest BCUT2D eigenvalue weighted by atomic mass is 10.1.